The second-order valence-corrected chi connectivity index (χ2v) is 10.9. The van der Waals surface area contributed by atoms with Gasteiger partial charge in [0.2, 0.25) is 0 Å². The first kappa shape index (κ1) is 17.9. The Labute approximate surface area is 148 Å². The van der Waals surface area contributed by atoms with Crippen LogP contribution in [0.3, 0.4) is 0 Å². The first-order valence-corrected chi connectivity index (χ1v) is 11.7. The lowest BCUT2D eigenvalue weighted by Gasteiger charge is -2.16. The summed E-state index contributed by atoms with van der Waals surface area (Å²) in [7, 11) is -7.04. The maximum absolute atomic E-state index is 12.1. The summed E-state index contributed by atoms with van der Waals surface area (Å²) in [6.45, 7) is 2.13. The van der Waals surface area contributed by atoms with Crippen molar-refractivity contribution in [2.24, 2.45) is 0 Å². The van der Waals surface area contributed by atoms with Crippen LogP contribution in [0.4, 0.5) is 5.69 Å². The third-order valence-electron chi connectivity index (χ3n) is 4.78. The van der Waals surface area contributed by atoms with Crippen molar-refractivity contribution in [3.05, 3.63) is 54.1 Å². The van der Waals surface area contributed by atoms with Crippen molar-refractivity contribution in [3.8, 4) is 0 Å². The second-order valence-electron chi connectivity index (χ2n) is 6.89. The molecule has 5 nitrogen and oxygen atoms in total. The van der Waals surface area contributed by atoms with Crippen LogP contribution in [0.25, 0.3) is 0 Å². The molecule has 0 radical (unpaired) electrons. The topological polar surface area (TPSA) is 80.3 Å². The van der Waals surface area contributed by atoms with E-state index < -0.39 is 19.7 Å². The Morgan fingerprint density at radius 2 is 1.60 bits per heavy atom. The van der Waals surface area contributed by atoms with Crippen molar-refractivity contribution in [1.82, 2.24) is 0 Å². The molecular weight excluding hydrogens is 358 g/mol. The average molecular weight is 380 g/mol. The monoisotopic (exact) mass is 379 g/mol. The van der Waals surface area contributed by atoms with Gasteiger partial charge in [-0.15, -0.1) is 0 Å². The first-order chi connectivity index (χ1) is 11.5. The van der Waals surface area contributed by atoms with E-state index in [0.717, 1.165) is 18.9 Å². The first-order valence-electron chi connectivity index (χ1n) is 7.88. The van der Waals surface area contributed by atoms with Crippen molar-refractivity contribution in [2.45, 2.75) is 34.6 Å². The summed E-state index contributed by atoms with van der Waals surface area (Å²) < 4.78 is 47.7. The molecule has 25 heavy (non-hydrogen) atoms. The van der Waals surface area contributed by atoms with Gasteiger partial charge in [0.25, 0.3) is 0 Å². The van der Waals surface area contributed by atoms with E-state index >= 15 is 0 Å². The molecule has 7 heteroatoms. The Balaban J connectivity index is 1.94. The van der Waals surface area contributed by atoms with E-state index in [0.29, 0.717) is 5.69 Å². The van der Waals surface area contributed by atoms with Crippen LogP contribution in [-0.2, 0) is 25.1 Å². The van der Waals surface area contributed by atoms with Crippen LogP contribution in [0.1, 0.15) is 18.9 Å². The SMILES string of the molecule is CC1(c2ccccc2)CC1Nc1ccc(S(C)(=O)=O)cc1S(C)(=O)=O. The molecule has 0 heterocycles. The summed E-state index contributed by atoms with van der Waals surface area (Å²) in [5.41, 5.74) is 1.58. The lowest BCUT2D eigenvalue weighted by molar-refractivity contribution is 0.600. The maximum atomic E-state index is 12.1. The van der Waals surface area contributed by atoms with Gasteiger partial charge in [0.05, 0.1) is 15.5 Å². The highest BCUT2D eigenvalue weighted by Gasteiger charge is 2.51. The fourth-order valence-corrected chi connectivity index (χ4v) is 4.65. The van der Waals surface area contributed by atoms with Gasteiger partial charge in [-0.25, -0.2) is 16.8 Å². The molecule has 3 rings (SSSR count). The van der Waals surface area contributed by atoms with Gasteiger partial charge < -0.3 is 5.32 Å². The van der Waals surface area contributed by atoms with Crippen molar-refractivity contribution >= 4 is 25.4 Å². The molecule has 2 unspecified atom stereocenters. The molecule has 0 saturated heterocycles. The molecule has 1 aliphatic rings. The zero-order valence-corrected chi connectivity index (χ0v) is 16.0. The van der Waals surface area contributed by atoms with Gasteiger partial charge in [0.15, 0.2) is 19.7 Å². The summed E-state index contributed by atoms with van der Waals surface area (Å²) in [6.07, 6.45) is 3.03. The Hall–Kier alpha value is -1.86. The molecule has 0 aromatic heterocycles. The van der Waals surface area contributed by atoms with E-state index in [1.807, 2.05) is 18.2 Å². The molecule has 1 fully saturated rings. The van der Waals surface area contributed by atoms with E-state index in [4.69, 9.17) is 0 Å². The zero-order chi connectivity index (χ0) is 18.5. The quantitative estimate of drug-likeness (QED) is 0.864. The van der Waals surface area contributed by atoms with Crippen LogP contribution in [0.15, 0.2) is 58.3 Å². The highest BCUT2D eigenvalue weighted by molar-refractivity contribution is 7.91. The zero-order valence-electron chi connectivity index (χ0n) is 14.4. The lowest BCUT2D eigenvalue weighted by Crippen LogP contribution is -2.16. The smallest absolute Gasteiger partial charge is 0.177 e. The van der Waals surface area contributed by atoms with E-state index in [9.17, 15) is 16.8 Å². The van der Waals surface area contributed by atoms with Gasteiger partial charge in [-0.1, -0.05) is 37.3 Å². The minimum absolute atomic E-state index is 0.0000862. The van der Waals surface area contributed by atoms with Crippen molar-refractivity contribution < 1.29 is 16.8 Å². The standard InChI is InChI=1S/C18H21NO4S2/c1-18(13-7-5-4-6-8-13)12-17(18)19-15-10-9-14(24(2,20)21)11-16(15)25(3,22)23/h4-11,17,19H,12H2,1-3H3. The Morgan fingerprint density at radius 3 is 2.16 bits per heavy atom. The number of rotatable bonds is 5. The molecule has 134 valence electrons. The predicted octanol–water partition coefficient (Wildman–Crippen LogP) is 2.64. The van der Waals surface area contributed by atoms with Crippen LogP contribution in [0.2, 0.25) is 0 Å². The lowest BCUT2D eigenvalue weighted by atomic mass is 9.97. The third-order valence-corrected chi connectivity index (χ3v) is 7.03. The molecule has 0 spiro atoms. The fraction of sp³-hybridized carbons (Fsp3) is 0.333. The Bertz CT molecular complexity index is 1010. The van der Waals surface area contributed by atoms with Crippen LogP contribution < -0.4 is 5.32 Å². The van der Waals surface area contributed by atoms with Crippen LogP contribution >= 0.6 is 0 Å². The summed E-state index contributed by atoms with van der Waals surface area (Å²) in [5.74, 6) is 0. The van der Waals surface area contributed by atoms with Gasteiger partial charge in [-0.2, -0.15) is 0 Å². The minimum atomic E-state index is -3.56. The van der Waals surface area contributed by atoms with E-state index in [1.54, 1.807) is 0 Å². The normalized spacial score (nSPS) is 23.2. The van der Waals surface area contributed by atoms with Gasteiger partial charge in [0, 0.05) is 24.0 Å². The van der Waals surface area contributed by atoms with E-state index in [-0.39, 0.29) is 21.2 Å². The van der Waals surface area contributed by atoms with E-state index in [2.05, 4.69) is 24.4 Å². The highest BCUT2D eigenvalue weighted by atomic mass is 32.2. The van der Waals surface area contributed by atoms with Crippen LogP contribution in [0, 0.1) is 0 Å². The molecule has 0 aliphatic heterocycles. The second kappa shape index (κ2) is 5.85. The fourth-order valence-electron chi connectivity index (χ4n) is 3.06. The van der Waals surface area contributed by atoms with Gasteiger partial charge in [-0.05, 0) is 30.2 Å². The minimum Gasteiger partial charge on any atom is -0.380 e. The van der Waals surface area contributed by atoms with Crippen molar-refractivity contribution in [2.75, 3.05) is 17.8 Å². The van der Waals surface area contributed by atoms with Crippen molar-refractivity contribution in [3.63, 3.8) is 0 Å². The largest absolute Gasteiger partial charge is 0.380 e. The number of benzene rings is 2. The maximum Gasteiger partial charge on any atom is 0.177 e. The molecular formula is C18H21NO4S2. The van der Waals surface area contributed by atoms with Crippen LogP contribution in [-0.4, -0.2) is 35.4 Å². The van der Waals surface area contributed by atoms with Gasteiger partial charge >= 0.3 is 0 Å². The predicted molar refractivity (Wildman–Crippen MR) is 98.5 cm³/mol. The number of nitrogens with one attached hydrogen (secondary N) is 1. The number of hydrogen-bond acceptors (Lipinski definition) is 5. The number of hydrogen-bond donors (Lipinski definition) is 1. The molecule has 0 bridgehead atoms. The highest BCUT2D eigenvalue weighted by Crippen LogP contribution is 2.50. The Morgan fingerprint density at radius 1 is 0.960 bits per heavy atom. The molecule has 1 saturated carbocycles. The molecule has 1 N–H and O–H groups in total. The summed E-state index contributed by atoms with van der Waals surface area (Å²) in [5, 5.41) is 3.28. The Kier molecular flexibility index (Phi) is 4.20. The van der Waals surface area contributed by atoms with Gasteiger partial charge in [0.1, 0.15) is 0 Å². The third kappa shape index (κ3) is 3.57. The summed E-state index contributed by atoms with van der Waals surface area (Å²) in [4.78, 5) is 0.0119. The van der Waals surface area contributed by atoms with Crippen LogP contribution in [0.5, 0.6) is 0 Å². The summed E-state index contributed by atoms with van der Waals surface area (Å²) >= 11 is 0. The number of sulfone groups is 2. The molecule has 2 atom stereocenters. The van der Waals surface area contributed by atoms with Crippen molar-refractivity contribution in [1.29, 1.82) is 0 Å². The average Bonchev–Trinajstić information content (AvgIpc) is 3.18. The molecule has 2 aromatic carbocycles. The summed E-state index contributed by atoms with van der Waals surface area (Å²) in [6, 6.07) is 14.4. The number of anilines is 1. The van der Waals surface area contributed by atoms with E-state index in [1.165, 1.54) is 23.8 Å². The molecule has 1 aliphatic carbocycles. The van der Waals surface area contributed by atoms with Gasteiger partial charge in [-0.3, -0.25) is 0 Å². The molecule has 0 amide bonds. The molecule has 2 aromatic rings.